The molecule has 8 nitrogen and oxygen atoms in total. The van der Waals surface area contributed by atoms with E-state index in [1.54, 1.807) is 0 Å². The van der Waals surface area contributed by atoms with Crippen molar-refractivity contribution in [2.24, 2.45) is 0 Å². The van der Waals surface area contributed by atoms with Crippen LogP contribution in [-0.2, 0) is 9.53 Å². The molecular formula is C25H25N3O5S. The summed E-state index contributed by atoms with van der Waals surface area (Å²) in [6.45, 7) is 2.66. The van der Waals surface area contributed by atoms with E-state index in [2.05, 4.69) is 22.4 Å². The number of fused-ring (bicyclic) bond motifs is 3. The van der Waals surface area contributed by atoms with Crippen LogP contribution in [0.15, 0.2) is 54.7 Å². The van der Waals surface area contributed by atoms with Crippen LogP contribution in [0.5, 0.6) is 0 Å². The number of nitrogens with one attached hydrogen (secondary N) is 1. The highest BCUT2D eigenvalue weighted by atomic mass is 32.1. The van der Waals surface area contributed by atoms with Crippen LogP contribution in [-0.4, -0.2) is 52.7 Å². The summed E-state index contributed by atoms with van der Waals surface area (Å²) in [6, 6.07) is 16.2. The molecule has 0 spiro atoms. The summed E-state index contributed by atoms with van der Waals surface area (Å²) in [5, 5.41) is 11.8. The summed E-state index contributed by atoms with van der Waals surface area (Å²) in [4.78, 5) is 42.0. The number of carboxylic acids is 1. The second-order valence-electron chi connectivity index (χ2n) is 7.92. The minimum atomic E-state index is -0.962. The highest BCUT2D eigenvalue weighted by Crippen LogP contribution is 2.44. The average molecular weight is 480 g/mol. The summed E-state index contributed by atoms with van der Waals surface area (Å²) in [6.07, 6.45) is 1.31. The molecule has 0 fully saturated rings. The Hall–Kier alpha value is -3.72. The molecule has 4 rings (SSSR count). The van der Waals surface area contributed by atoms with Gasteiger partial charge in [-0.05, 0) is 28.7 Å². The number of thiazole rings is 1. The average Bonchev–Trinajstić information content (AvgIpc) is 3.42. The molecule has 176 valence electrons. The van der Waals surface area contributed by atoms with Crippen molar-refractivity contribution in [3.05, 3.63) is 70.7 Å². The number of carboxylic acid groups (broad SMARTS) is 1. The SMILES string of the molecule is CCCN(CCC(=O)O)C(=O)c1cnc(NC(=O)OCC2c3ccccc3-c3ccccc32)s1. The zero-order valence-corrected chi connectivity index (χ0v) is 19.5. The summed E-state index contributed by atoms with van der Waals surface area (Å²) < 4.78 is 5.52. The van der Waals surface area contributed by atoms with Crippen LogP contribution in [0.25, 0.3) is 11.1 Å². The Morgan fingerprint density at radius 3 is 2.32 bits per heavy atom. The van der Waals surface area contributed by atoms with Crippen molar-refractivity contribution in [2.75, 3.05) is 25.0 Å². The van der Waals surface area contributed by atoms with Crippen LogP contribution in [0.4, 0.5) is 9.93 Å². The fourth-order valence-corrected chi connectivity index (χ4v) is 4.89. The largest absolute Gasteiger partial charge is 0.481 e. The molecule has 34 heavy (non-hydrogen) atoms. The zero-order chi connectivity index (χ0) is 24.1. The van der Waals surface area contributed by atoms with Crippen LogP contribution < -0.4 is 5.32 Å². The molecule has 3 aromatic rings. The topological polar surface area (TPSA) is 109 Å². The maximum Gasteiger partial charge on any atom is 0.413 e. The van der Waals surface area contributed by atoms with Gasteiger partial charge in [0.25, 0.3) is 5.91 Å². The number of rotatable bonds is 9. The molecule has 1 aliphatic carbocycles. The lowest BCUT2D eigenvalue weighted by molar-refractivity contribution is -0.137. The van der Waals surface area contributed by atoms with Gasteiger partial charge >= 0.3 is 12.1 Å². The molecular weight excluding hydrogens is 454 g/mol. The quantitative estimate of drug-likeness (QED) is 0.455. The van der Waals surface area contributed by atoms with Crippen LogP contribution in [0, 0.1) is 0 Å². The third kappa shape index (κ3) is 5.09. The number of amides is 2. The lowest BCUT2D eigenvalue weighted by Crippen LogP contribution is -2.33. The number of benzene rings is 2. The second-order valence-corrected chi connectivity index (χ2v) is 8.95. The molecule has 1 aliphatic rings. The fraction of sp³-hybridized carbons (Fsp3) is 0.280. The number of aliphatic carboxylic acids is 1. The predicted molar refractivity (Wildman–Crippen MR) is 129 cm³/mol. The van der Waals surface area contributed by atoms with Gasteiger partial charge in [0.05, 0.1) is 12.6 Å². The summed E-state index contributed by atoms with van der Waals surface area (Å²) in [7, 11) is 0. The fourth-order valence-electron chi connectivity index (χ4n) is 4.12. The van der Waals surface area contributed by atoms with E-state index in [0.717, 1.165) is 33.6 Å². The molecule has 0 saturated heterocycles. The Balaban J connectivity index is 1.37. The maximum atomic E-state index is 12.7. The zero-order valence-electron chi connectivity index (χ0n) is 18.7. The number of anilines is 1. The first kappa shape index (κ1) is 23.4. The number of nitrogens with zero attached hydrogens (tertiary/aromatic N) is 2. The number of carbonyl (C=O) groups excluding carboxylic acids is 2. The molecule has 0 radical (unpaired) electrons. The predicted octanol–water partition coefficient (Wildman–Crippen LogP) is 4.83. The highest BCUT2D eigenvalue weighted by Gasteiger charge is 2.29. The minimum absolute atomic E-state index is 0.0524. The Kier molecular flexibility index (Phi) is 7.22. The van der Waals surface area contributed by atoms with Crippen molar-refractivity contribution in [1.29, 1.82) is 0 Å². The number of hydrogen-bond donors (Lipinski definition) is 2. The molecule has 0 atom stereocenters. The smallest absolute Gasteiger partial charge is 0.413 e. The third-order valence-electron chi connectivity index (χ3n) is 5.65. The lowest BCUT2D eigenvalue weighted by atomic mass is 9.98. The number of hydrogen-bond acceptors (Lipinski definition) is 6. The van der Waals surface area contributed by atoms with Crippen LogP contribution in [0.3, 0.4) is 0 Å². The molecule has 0 bridgehead atoms. The van der Waals surface area contributed by atoms with Crippen LogP contribution >= 0.6 is 11.3 Å². The molecule has 0 saturated carbocycles. The van der Waals surface area contributed by atoms with Gasteiger partial charge in [-0.25, -0.2) is 9.78 Å². The van der Waals surface area contributed by atoms with Gasteiger partial charge in [-0.15, -0.1) is 0 Å². The lowest BCUT2D eigenvalue weighted by Gasteiger charge is -2.20. The molecule has 1 heterocycles. The standard InChI is InChI=1S/C25H25N3O5S/c1-2-12-28(13-11-22(29)30)23(31)21-14-26-24(34-21)27-25(32)33-15-20-18-9-5-3-7-16(18)17-8-4-6-10-19(17)20/h3-10,14,20H,2,11-13,15H2,1H3,(H,29,30)(H,26,27,32). The van der Waals surface area contributed by atoms with E-state index in [9.17, 15) is 14.4 Å². The molecule has 0 unspecified atom stereocenters. The first-order valence-corrected chi connectivity index (χ1v) is 11.9. The minimum Gasteiger partial charge on any atom is -0.481 e. The van der Waals surface area contributed by atoms with Crippen molar-refractivity contribution in [2.45, 2.75) is 25.7 Å². The highest BCUT2D eigenvalue weighted by molar-refractivity contribution is 7.17. The van der Waals surface area contributed by atoms with Gasteiger partial charge in [0.15, 0.2) is 5.13 Å². The van der Waals surface area contributed by atoms with E-state index in [1.165, 1.54) is 11.1 Å². The van der Waals surface area contributed by atoms with Gasteiger partial charge in [0, 0.05) is 19.0 Å². The molecule has 0 aliphatic heterocycles. The van der Waals surface area contributed by atoms with Gasteiger partial charge in [-0.2, -0.15) is 0 Å². The van der Waals surface area contributed by atoms with Crippen molar-refractivity contribution in [3.8, 4) is 11.1 Å². The Morgan fingerprint density at radius 1 is 1.06 bits per heavy atom. The monoisotopic (exact) mass is 479 g/mol. The van der Waals surface area contributed by atoms with Crippen LogP contribution in [0.1, 0.15) is 46.5 Å². The van der Waals surface area contributed by atoms with Crippen molar-refractivity contribution >= 4 is 34.4 Å². The van der Waals surface area contributed by atoms with Crippen LogP contribution in [0.2, 0.25) is 0 Å². The summed E-state index contributed by atoms with van der Waals surface area (Å²) in [5.74, 6) is -1.32. The second kappa shape index (κ2) is 10.5. The molecule has 9 heteroatoms. The third-order valence-corrected chi connectivity index (χ3v) is 6.55. The van der Waals surface area contributed by atoms with Gasteiger partial charge in [0.2, 0.25) is 0 Å². The van der Waals surface area contributed by atoms with Crippen molar-refractivity contribution in [3.63, 3.8) is 0 Å². The Labute approximate surface area is 201 Å². The number of ether oxygens (including phenoxy) is 1. The summed E-state index contributed by atoms with van der Waals surface area (Å²) in [5.41, 5.74) is 4.54. The van der Waals surface area contributed by atoms with E-state index in [0.29, 0.717) is 17.8 Å². The van der Waals surface area contributed by atoms with Gasteiger partial charge in [-0.1, -0.05) is 66.8 Å². The van der Waals surface area contributed by atoms with E-state index in [4.69, 9.17) is 9.84 Å². The van der Waals surface area contributed by atoms with Gasteiger partial charge in [-0.3, -0.25) is 14.9 Å². The Bertz CT molecular complexity index is 1160. The molecule has 2 N–H and O–H groups in total. The molecule has 2 amide bonds. The van der Waals surface area contributed by atoms with E-state index in [-0.39, 0.29) is 36.5 Å². The van der Waals surface area contributed by atoms with Gasteiger partial charge < -0.3 is 14.7 Å². The summed E-state index contributed by atoms with van der Waals surface area (Å²) >= 11 is 1.03. The molecule has 1 aromatic heterocycles. The number of carbonyl (C=O) groups is 3. The van der Waals surface area contributed by atoms with E-state index < -0.39 is 12.1 Å². The Morgan fingerprint density at radius 2 is 1.71 bits per heavy atom. The first-order valence-electron chi connectivity index (χ1n) is 11.1. The van der Waals surface area contributed by atoms with Crippen molar-refractivity contribution < 1.29 is 24.2 Å². The van der Waals surface area contributed by atoms with Crippen molar-refractivity contribution in [1.82, 2.24) is 9.88 Å². The first-order chi connectivity index (χ1) is 16.5. The number of aromatic nitrogens is 1. The maximum absolute atomic E-state index is 12.7. The van der Waals surface area contributed by atoms with Gasteiger partial charge in [0.1, 0.15) is 11.5 Å². The van der Waals surface area contributed by atoms with E-state index >= 15 is 0 Å². The normalized spacial score (nSPS) is 12.0. The molecule has 2 aromatic carbocycles. The van der Waals surface area contributed by atoms with E-state index in [1.807, 2.05) is 43.3 Å².